The van der Waals surface area contributed by atoms with Crippen molar-refractivity contribution in [1.29, 1.82) is 0 Å². The number of para-hydroxylation sites is 3. The fraction of sp³-hybridized carbons (Fsp3) is 0.455. The highest BCUT2D eigenvalue weighted by Gasteiger charge is 2.22. The third kappa shape index (κ3) is 47.4. The molecule has 0 aliphatic rings. The predicted octanol–water partition coefficient (Wildman–Crippen LogP) is 27.1. The van der Waals surface area contributed by atoms with Gasteiger partial charge in [-0.25, -0.2) is 0 Å². The molecule has 0 atom stereocenters. The number of hydrogen-bond donors (Lipinski definition) is 6. The summed E-state index contributed by atoms with van der Waals surface area (Å²) in [6.07, 6.45) is 23.9. The molecule has 0 aliphatic heterocycles. The Morgan fingerprint density at radius 2 is 0.691 bits per heavy atom. The molecule has 8 aromatic rings. The second-order valence-electron chi connectivity index (χ2n) is 24.7. The van der Waals surface area contributed by atoms with Gasteiger partial charge in [0.25, 0.3) is 0 Å². The van der Waals surface area contributed by atoms with Gasteiger partial charge in [-0.2, -0.15) is 0 Å². The highest BCUT2D eigenvalue weighted by molar-refractivity contribution is 5.43. The van der Waals surface area contributed by atoms with Crippen LogP contribution in [0.25, 0.3) is 0 Å². The fourth-order valence-corrected chi connectivity index (χ4v) is 9.22. The van der Waals surface area contributed by atoms with E-state index >= 15 is 0 Å². The average molecular weight is 1290 g/mol. The van der Waals surface area contributed by atoms with E-state index in [9.17, 15) is 15.3 Å². The zero-order valence-corrected chi connectivity index (χ0v) is 60.8. The lowest BCUT2D eigenvalue weighted by atomic mass is 9.78. The van der Waals surface area contributed by atoms with Crippen LogP contribution in [0.1, 0.15) is 262 Å². The van der Waals surface area contributed by atoms with Gasteiger partial charge in [0, 0.05) is 5.41 Å². The van der Waals surface area contributed by atoms with Crippen molar-refractivity contribution in [2.24, 2.45) is 5.92 Å². The normalized spacial score (nSPS) is 9.74. The number of phenols is 6. The van der Waals surface area contributed by atoms with E-state index in [1.54, 1.807) is 54.6 Å². The molecule has 0 unspecified atom stereocenters. The number of hydrogen-bond acceptors (Lipinski definition) is 6. The molecule has 94 heavy (non-hydrogen) atoms. The van der Waals surface area contributed by atoms with E-state index in [0.717, 1.165) is 39.8 Å². The van der Waals surface area contributed by atoms with Crippen LogP contribution in [0.2, 0.25) is 0 Å². The Bertz CT molecular complexity index is 2860. The molecule has 0 bridgehead atoms. The Labute approximate surface area is 577 Å². The van der Waals surface area contributed by atoms with E-state index in [1.165, 1.54) is 125 Å². The molecule has 0 spiro atoms. The Morgan fingerprint density at radius 3 is 1.02 bits per heavy atom. The van der Waals surface area contributed by atoms with Gasteiger partial charge in [-0.15, -0.1) is 0 Å². The number of unbranched alkanes of at least 4 members (excludes halogenated alkanes) is 14. The molecule has 8 aromatic carbocycles. The highest BCUT2D eigenvalue weighted by atomic mass is 16.3. The zero-order valence-electron chi connectivity index (χ0n) is 60.8. The van der Waals surface area contributed by atoms with Gasteiger partial charge in [0.15, 0.2) is 0 Å². The van der Waals surface area contributed by atoms with Crippen LogP contribution >= 0.6 is 0 Å². The molecule has 0 fully saturated rings. The van der Waals surface area contributed by atoms with Gasteiger partial charge in [-0.1, -0.05) is 358 Å². The number of rotatable bonds is 19. The molecular weight excluding hydrogens is 1150 g/mol. The summed E-state index contributed by atoms with van der Waals surface area (Å²) >= 11 is 0. The van der Waals surface area contributed by atoms with Gasteiger partial charge in [-0.3, -0.25) is 0 Å². The van der Waals surface area contributed by atoms with Crippen LogP contribution in [0, 0.1) is 47.5 Å². The molecule has 524 valence electrons. The maximum Gasteiger partial charge on any atom is 0.121 e. The van der Waals surface area contributed by atoms with E-state index in [4.69, 9.17) is 15.3 Å². The third-order valence-electron chi connectivity index (χ3n) is 14.9. The van der Waals surface area contributed by atoms with Crippen LogP contribution in [0.15, 0.2) is 194 Å². The summed E-state index contributed by atoms with van der Waals surface area (Å²) in [6, 6.07) is 61.3. The van der Waals surface area contributed by atoms with E-state index in [1.807, 2.05) is 133 Å². The number of phenolic OH excluding ortho intramolecular Hbond substituents is 6. The summed E-state index contributed by atoms with van der Waals surface area (Å²) in [4.78, 5) is 0. The molecule has 0 radical (unpaired) electrons. The van der Waals surface area contributed by atoms with Crippen LogP contribution < -0.4 is 0 Å². The molecular formula is C88H136O6. The van der Waals surface area contributed by atoms with Gasteiger partial charge >= 0.3 is 0 Å². The Hall–Kier alpha value is -7.44. The van der Waals surface area contributed by atoms with Crippen molar-refractivity contribution in [2.75, 3.05) is 0 Å². The summed E-state index contributed by atoms with van der Waals surface area (Å²) in [5, 5.41) is 54.6. The largest absolute Gasteiger partial charge is 0.508 e. The summed E-state index contributed by atoms with van der Waals surface area (Å²) in [6.45, 7) is 37.8. The van der Waals surface area contributed by atoms with Crippen LogP contribution in [0.3, 0.4) is 0 Å². The minimum absolute atomic E-state index is 0. The highest BCUT2D eigenvalue weighted by Crippen LogP contribution is 2.32. The molecule has 0 aromatic heterocycles. The van der Waals surface area contributed by atoms with Crippen molar-refractivity contribution in [1.82, 2.24) is 0 Å². The minimum atomic E-state index is -0.0328. The molecule has 8 rings (SSSR count). The molecule has 0 saturated carbocycles. The lowest BCUT2D eigenvalue weighted by molar-refractivity contribution is 0.458. The van der Waals surface area contributed by atoms with Crippen molar-refractivity contribution >= 4 is 0 Å². The van der Waals surface area contributed by atoms with Gasteiger partial charge in [-0.05, 0) is 152 Å². The topological polar surface area (TPSA) is 121 Å². The average Bonchev–Trinajstić information content (AvgIpc) is 0.854. The maximum absolute atomic E-state index is 9.77. The molecule has 0 heterocycles. The van der Waals surface area contributed by atoms with E-state index < -0.39 is 0 Å². The molecule has 0 aliphatic carbocycles. The summed E-state index contributed by atoms with van der Waals surface area (Å²) < 4.78 is 0. The maximum atomic E-state index is 9.77. The van der Waals surface area contributed by atoms with E-state index in [-0.39, 0.29) is 20.3 Å². The van der Waals surface area contributed by atoms with Crippen LogP contribution in [-0.4, -0.2) is 30.6 Å². The van der Waals surface area contributed by atoms with Crippen molar-refractivity contribution in [3.63, 3.8) is 0 Å². The van der Waals surface area contributed by atoms with Crippen LogP contribution in [0.5, 0.6) is 34.5 Å². The Balaban J connectivity index is -0.000000487. The van der Waals surface area contributed by atoms with Gasteiger partial charge < -0.3 is 30.6 Å². The number of aromatic hydroxyl groups is 6. The molecule has 0 saturated heterocycles. The molecule has 6 N–H and O–H groups in total. The Kier molecular flexibility index (Phi) is 58.7. The first-order chi connectivity index (χ1) is 43.9. The molecule has 6 heteroatoms. The van der Waals surface area contributed by atoms with Crippen LogP contribution in [0.4, 0.5) is 0 Å². The lowest BCUT2D eigenvalue weighted by Gasteiger charge is -2.26. The predicted molar refractivity (Wildman–Crippen MR) is 416 cm³/mol. The van der Waals surface area contributed by atoms with Crippen molar-refractivity contribution in [3.8, 4) is 34.5 Å². The molecule has 0 amide bonds. The lowest BCUT2D eigenvalue weighted by Crippen LogP contribution is -2.18. The Morgan fingerprint density at radius 1 is 0.330 bits per heavy atom. The van der Waals surface area contributed by atoms with Crippen molar-refractivity contribution in [3.05, 3.63) is 250 Å². The SMILES string of the molecule is C.C.CC.CC(C)(c1ccccc1)c1ccc(O)cc1.CC(C)c1ccccc1.CCCCCCCCCC.CCCCCCCCCC.Cc1cc(C)c(O)c(CC(C)C)c1.Cc1cccc(C)c1O.Cc1cccc(O)c1.Cc1ccccc1O.Oc1ccccc1. The van der Waals surface area contributed by atoms with Crippen LogP contribution in [-0.2, 0) is 11.8 Å². The van der Waals surface area contributed by atoms with E-state index in [2.05, 4.69) is 131 Å². The van der Waals surface area contributed by atoms with Gasteiger partial charge in [0.05, 0.1) is 0 Å². The summed E-state index contributed by atoms with van der Waals surface area (Å²) in [5.41, 5.74) is 11.0. The minimum Gasteiger partial charge on any atom is -0.508 e. The monoisotopic (exact) mass is 1290 g/mol. The summed E-state index contributed by atoms with van der Waals surface area (Å²) in [7, 11) is 0. The fourth-order valence-electron chi connectivity index (χ4n) is 9.22. The first kappa shape index (κ1) is 93.0. The number of aryl methyl sites for hydroxylation is 6. The standard InChI is InChI=1S/C15H16O.C12H18O.2C10H22.C9H12.C8H10O.2C7H8O.C6H6O.C2H6.2CH4/c1-15(2,12-6-4-3-5-7-12)13-8-10-14(16)11-9-13;1-8(2)5-11-7-9(3)6-10(4)12(11)13;2*1-3-5-7-9-10-8-6-4-2;1-8(2)9-6-4-3-5-7-9;1-6-4-3-5-7(2)8(6)9;1-6-3-2-4-7(8)5-6;1-6-4-2-3-5-7(6)8;7-6-4-2-1-3-5-6;1-2;;/h3-11,16H,1-2H3;6-8,13H,5H2,1-4H3;2*3-10H2,1-2H3;3-8H,1-2H3;3-5,9H,1-2H3;2*2-5,8H,1H3;1-5,7H;1-2H3;2*1H4. The van der Waals surface area contributed by atoms with E-state index in [0.29, 0.717) is 46.3 Å². The van der Waals surface area contributed by atoms with Crippen molar-refractivity contribution in [2.45, 2.75) is 260 Å². The quantitative estimate of drug-likeness (QED) is 0.0449. The second kappa shape index (κ2) is 59.3. The first-order valence-corrected chi connectivity index (χ1v) is 34.6. The van der Waals surface area contributed by atoms with Gasteiger partial charge in [0.1, 0.15) is 34.5 Å². The molecule has 6 nitrogen and oxygen atoms in total. The second-order valence-corrected chi connectivity index (χ2v) is 24.7. The number of benzene rings is 8. The summed E-state index contributed by atoms with van der Waals surface area (Å²) in [5.74, 6) is 3.47. The zero-order chi connectivity index (χ0) is 69.5. The first-order valence-electron chi connectivity index (χ1n) is 34.6. The smallest absolute Gasteiger partial charge is 0.121 e. The van der Waals surface area contributed by atoms with Crippen molar-refractivity contribution < 1.29 is 30.6 Å². The van der Waals surface area contributed by atoms with Gasteiger partial charge in [0.2, 0.25) is 0 Å². The third-order valence-corrected chi connectivity index (χ3v) is 14.9.